The average molecular weight is 276 g/mol. The van der Waals surface area contributed by atoms with Crippen LogP contribution in [0.15, 0.2) is 9.98 Å². The zero-order valence-electron chi connectivity index (χ0n) is 8.24. The quantitative estimate of drug-likeness (QED) is 0.819. The molecular formula is C9H14BrN3S. The minimum absolute atomic E-state index is 1.00. The molecule has 2 heterocycles. The molecule has 2 rings (SSSR count). The molecule has 0 bridgehead atoms. The SMILES string of the molecule is CN1CCN(Cc2ncc(Br)s2)CC1. The van der Waals surface area contributed by atoms with Gasteiger partial charge in [0.05, 0.1) is 16.5 Å². The van der Waals surface area contributed by atoms with Gasteiger partial charge in [-0.15, -0.1) is 11.3 Å². The topological polar surface area (TPSA) is 19.4 Å². The Hall–Kier alpha value is 0.0300. The van der Waals surface area contributed by atoms with Gasteiger partial charge in [-0.2, -0.15) is 0 Å². The molecule has 3 nitrogen and oxygen atoms in total. The van der Waals surface area contributed by atoms with Gasteiger partial charge in [0.2, 0.25) is 0 Å². The van der Waals surface area contributed by atoms with Crippen LogP contribution in [0.5, 0.6) is 0 Å². The molecule has 78 valence electrons. The maximum atomic E-state index is 4.35. The number of rotatable bonds is 2. The van der Waals surface area contributed by atoms with Crippen molar-refractivity contribution in [3.63, 3.8) is 0 Å². The second-order valence-corrected chi connectivity index (χ2v) is 6.13. The molecule has 1 aliphatic heterocycles. The molecule has 14 heavy (non-hydrogen) atoms. The van der Waals surface area contributed by atoms with Gasteiger partial charge in [-0.1, -0.05) is 0 Å². The molecule has 0 aromatic carbocycles. The fourth-order valence-corrected chi connectivity index (χ4v) is 2.90. The molecule has 1 aromatic rings. The van der Waals surface area contributed by atoms with Crippen molar-refractivity contribution in [2.45, 2.75) is 6.54 Å². The average Bonchev–Trinajstić information content (AvgIpc) is 2.56. The van der Waals surface area contributed by atoms with E-state index in [4.69, 9.17) is 0 Å². The van der Waals surface area contributed by atoms with E-state index in [2.05, 4.69) is 37.8 Å². The summed E-state index contributed by atoms with van der Waals surface area (Å²) in [6.07, 6.45) is 1.88. The first-order valence-electron chi connectivity index (χ1n) is 4.75. The molecule has 0 amide bonds. The van der Waals surface area contributed by atoms with Crippen molar-refractivity contribution in [1.82, 2.24) is 14.8 Å². The number of likely N-dealkylation sites (N-methyl/N-ethyl adjacent to an activating group) is 1. The van der Waals surface area contributed by atoms with E-state index < -0.39 is 0 Å². The van der Waals surface area contributed by atoms with Crippen LogP contribution >= 0.6 is 27.3 Å². The van der Waals surface area contributed by atoms with E-state index in [0.717, 1.165) is 23.4 Å². The van der Waals surface area contributed by atoms with Gasteiger partial charge in [-0.3, -0.25) is 4.90 Å². The van der Waals surface area contributed by atoms with Gasteiger partial charge in [0.15, 0.2) is 0 Å². The monoisotopic (exact) mass is 275 g/mol. The van der Waals surface area contributed by atoms with E-state index in [1.54, 1.807) is 11.3 Å². The summed E-state index contributed by atoms with van der Waals surface area (Å²) < 4.78 is 1.13. The molecule has 5 heteroatoms. The Kier molecular flexibility index (Phi) is 3.54. The van der Waals surface area contributed by atoms with Gasteiger partial charge in [-0.05, 0) is 23.0 Å². The molecular weight excluding hydrogens is 262 g/mol. The van der Waals surface area contributed by atoms with Crippen molar-refractivity contribution < 1.29 is 0 Å². The van der Waals surface area contributed by atoms with Gasteiger partial charge in [-0.25, -0.2) is 4.98 Å². The predicted molar refractivity (Wildman–Crippen MR) is 62.6 cm³/mol. The lowest BCUT2D eigenvalue weighted by atomic mass is 10.3. The fraction of sp³-hybridized carbons (Fsp3) is 0.667. The Labute approximate surface area is 96.9 Å². The van der Waals surface area contributed by atoms with Crippen molar-refractivity contribution in [1.29, 1.82) is 0 Å². The second kappa shape index (κ2) is 4.70. The van der Waals surface area contributed by atoms with E-state index >= 15 is 0 Å². The minimum Gasteiger partial charge on any atom is -0.304 e. The van der Waals surface area contributed by atoms with Crippen LogP contribution in [0.3, 0.4) is 0 Å². The summed E-state index contributed by atoms with van der Waals surface area (Å²) in [7, 11) is 2.18. The summed E-state index contributed by atoms with van der Waals surface area (Å²) in [5, 5.41) is 1.21. The van der Waals surface area contributed by atoms with Crippen LogP contribution in [-0.2, 0) is 6.54 Å². The molecule has 0 spiro atoms. The fourth-order valence-electron chi connectivity index (χ4n) is 1.56. The molecule has 0 aliphatic carbocycles. The first-order chi connectivity index (χ1) is 6.74. The van der Waals surface area contributed by atoms with Gasteiger partial charge in [0.25, 0.3) is 0 Å². The molecule has 0 unspecified atom stereocenters. The van der Waals surface area contributed by atoms with Crippen LogP contribution in [-0.4, -0.2) is 48.0 Å². The Morgan fingerprint density at radius 2 is 2.14 bits per heavy atom. The van der Waals surface area contributed by atoms with E-state index in [-0.39, 0.29) is 0 Å². The van der Waals surface area contributed by atoms with Crippen molar-refractivity contribution in [2.75, 3.05) is 33.2 Å². The number of piperazine rings is 1. The summed E-state index contributed by atoms with van der Waals surface area (Å²) in [4.78, 5) is 9.18. The Balaban J connectivity index is 1.86. The molecule has 0 N–H and O–H groups in total. The second-order valence-electron chi connectivity index (χ2n) is 3.64. The number of thiazole rings is 1. The first kappa shape index (κ1) is 10.5. The lowest BCUT2D eigenvalue weighted by molar-refractivity contribution is 0.148. The molecule has 1 aromatic heterocycles. The highest BCUT2D eigenvalue weighted by Gasteiger charge is 2.14. The Morgan fingerprint density at radius 1 is 1.43 bits per heavy atom. The highest BCUT2D eigenvalue weighted by molar-refractivity contribution is 9.11. The van der Waals surface area contributed by atoms with Gasteiger partial charge >= 0.3 is 0 Å². The van der Waals surface area contributed by atoms with Crippen LogP contribution in [0.4, 0.5) is 0 Å². The highest BCUT2D eigenvalue weighted by Crippen LogP contribution is 2.20. The van der Waals surface area contributed by atoms with Crippen LogP contribution in [0.1, 0.15) is 5.01 Å². The minimum atomic E-state index is 1.00. The van der Waals surface area contributed by atoms with Crippen LogP contribution in [0, 0.1) is 0 Å². The van der Waals surface area contributed by atoms with Gasteiger partial charge in [0, 0.05) is 26.2 Å². The molecule has 0 radical (unpaired) electrons. The van der Waals surface area contributed by atoms with Crippen molar-refractivity contribution in [3.05, 3.63) is 15.0 Å². The smallest absolute Gasteiger partial charge is 0.108 e. The number of nitrogens with zero attached hydrogens (tertiary/aromatic N) is 3. The number of aromatic nitrogens is 1. The lowest BCUT2D eigenvalue weighted by Crippen LogP contribution is -2.43. The summed E-state index contributed by atoms with van der Waals surface area (Å²) in [5.41, 5.74) is 0. The normalized spacial score (nSPS) is 20.1. The molecule has 1 fully saturated rings. The number of hydrogen-bond acceptors (Lipinski definition) is 4. The van der Waals surface area contributed by atoms with Crippen LogP contribution in [0.2, 0.25) is 0 Å². The van der Waals surface area contributed by atoms with Gasteiger partial charge < -0.3 is 4.90 Å². The summed E-state index contributed by atoms with van der Waals surface area (Å²) in [6.45, 7) is 5.67. The first-order valence-corrected chi connectivity index (χ1v) is 6.36. The predicted octanol–water partition coefficient (Wildman–Crippen LogP) is 1.65. The molecule has 0 saturated carbocycles. The lowest BCUT2D eigenvalue weighted by Gasteiger charge is -2.31. The third kappa shape index (κ3) is 2.76. The highest BCUT2D eigenvalue weighted by atomic mass is 79.9. The van der Waals surface area contributed by atoms with Crippen LogP contribution in [0.25, 0.3) is 0 Å². The van der Waals surface area contributed by atoms with E-state index in [0.29, 0.717) is 0 Å². The largest absolute Gasteiger partial charge is 0.304 e. The van der Waals surface area contributed by atoms with E-state index in [9.17, 15) is 0 Å². The molecule has 1 saturated heterocycles. The summed E-state index contributed by atoms with van der Waals surface area (Å²) >= 11 is 5.17. The van der Waals surface area contributed by atoms with Gasteiger partial charge in [0.1, 0.15) is 5.01 Å². The van der Waals surface area contributed by atoms with E-state index in [1.165, 1.54) is 18.1 Å². The van der Waals surface area contributed by atoms with Crippen molar-refractivity contribution >= 4 is 27.3 Å². The maximum absolute atomic E-state index is 4.35. The summed E-state index contributed by atoms with van der Waals surface area (Å²) in [6, 6.07) is 0. The zero-order valence-corrected chi connectivity index (χ0v) is 10.6. The number of halogens is 1. The Bertz CT molecular complexity index is 294. The van der Waals surface area contributed by atoms with Crippen LogP contribution < -0.4 is 0 Å². The van der Waals surface area contributed by atoms with Crippen molar-refractivity contribution in [2.24, 2.45) is 0 Å². The zero-order chi connectivity index (χ0) is 9.97. The standard InChI is InChI=1S/C9H14BrN3S/c1-12-2-4-13(5-3-12)7-9-11-6-8(10)14-9/h6H,2-5,7H2,1H3. The third-order valence-corrected chi connectivity index (χ3v) is 3.94. The maximum Gasteiger partial charge on any atom is 0.108 e. The number of hydrogen-bond donors (Lipinski definition) is 0. The van der Waals surface area contributed by atoms with E-state index in [1.807, 2.05) is 6.20 Å². The molecule has 1 aliphatic rings. The summed E-state index contributed by atoms with van der Waals surface area (Å²) in [5.74, 6) is 0. The van der Waals surface area contributed by atoms with Crippen molar-refractivity contribution in [3.8, 4) is 0 Å². The third-order valence-electron chi connectivity index (χ3n) is 2.48. The molecule has 0 atom stereocenters. The Morgan fingerprint density at radius 3 is 2.71 bits per heavy atom.